The summed E-state index contributed by atoms with van der Waals surface area (Å²) in [5.41, 5.74) is 0.258. The Labute approximate surface area is 159 Å². The number of benzene rings is 1. The highest BCUT2D eigenvalue weighted by Crippen LogP contribution is 2.38. The fourth-order valence-electron chi connectivity index (χ4n) is 3.33. The molecular weight excluding hydrogens is 392 g/mol. The van der Waals surface area contributed by atoms with Crippen molar-refractivity contribution >= 4 is 58.7 Å². The van der Waals surface area contributed by atoms with E-state index in [0.29, 0.717) is 12.2 Å². The van der Waals surface area contributed by atoms with Crippen LogP contribution in [0.25, 0.3) is 20.3 Å². The van der Waals surface area contributed by atoms with Gasteiger partial charge < -0.3 is 10.1 Å². The molecule has 26 heavy (non-hydrogen) atoms. The van der Waals surface area contributed by atoms with Gasteiger partial charge in [-0.15, -0.1) is 22.7 Å². The molecule has 0 bridgehead atoms. The van der Waals surface area contributed by atoms with Crippen molar-refractivity contribution in [1.82, 2.24) is 10.3 Å². The van der Waals surface area contributed by atoms with Gasteiger partial charge in [-0.2, -0.15) is 0 Å². The minimum Gasteiger partial charge on any atom is -0.483 e. The van der Waals surface area contributed by atoms with Crippen molar-refractivity contribution in [1.29, 1.82) is 0 Å². The third kappa shape index (κ3) is 3.30. The Morgan fingerprint density at radius 2 is 2.27 bits per heavy atom. The first-order chi connectivity index (χ1) is 12.2. The second-order valence-corrected chi connectivity index (χ2v) is 11.2. The van der Waals surface area contributed by atoms with E-state index >= 15 is 0 Å². The van der Waals surface area contributed by atoms with Crippen LogP contribution in [-0.2, 0) is 14.6 Å². The van der Waals surface area contributed by atoms with Crippen molar-refractivity contribution < 1.29 is 17.9 Å². The van der Waals surface area contributed by atoms with Crippen LogP contribution >= 0.6 is 22.7 Å². The van der Waals surface area contributed by atoms with Gasteiger partial charge >= 0.3 is 0 Å². The number of thiazole rings is 1. The Bertz CT molecular complexity index is 1120. The zero-order chi connectivity index (χ0) is 18.5. The van der Waals surface area contributed by atoms with E-state index in [9.17, 15) is 13.2 Å². The molecule has 1 N–H and O–H groups in total. The van der Waals surface area contributed by atoms with Crippen LogP contribution in [0.4, 0.5) is 0 Å². The molecule has 0 saturated carbocycles. The van der Waals surface area contributed by atoms with Gasteiger partial charge in [-0.3, -0.25) is 4.79 Å². The summed E-state index contributed by atoms with van der Waals surface area (Å²) in [6, 6.07) is 3.89. The fraction of sp³-hybridized carbons (Fsp3) is 0.412. The van der Waals surface area contributed by atoms with Crippen molar-refractivity contribution in [2.45, 2.75) is 25.8 Å². The summed E-state index contributed by atoms with van der Waals surface area (Å²) in [6.45, 7) is 3.58. The SMILES string of the molecule is Cc1nc2c(cc(OCC(=O)NC3(C)CCS(=O)(=O)C3)c3ccsc32)s1. The lowest BCUT2D eigenvalue weighted by Gasteiger charge is -2.23. The largest absolute Gasteiger partial charge is 0.483 e. The molecule has 0 radical (unpaired) electrons. The molecule has 1 unspecified atom stereocenters. The lowest BCUT2D eigenvalue weighted by molar-refractivity contribution is -0.124. The summed E-state index contributed by atoms with van der Waals surface area (Å²) in [5.74, 6) is 0.430. The number of hydrogen-bond acceptors (Lipinski definition) is 7. The maximum absolute atomic E-state index is 12.3. The Morgan fingerprint density at radius 1 is 1.46 bits per heavy atom. The van der Waals surface area contributed by atoms with Gasteiger partial charge in [-0.25, -0.2) is 13.4 Å². The van der Waals surface area contributed by atoms with Crippen LogP contribution < -0.4 is 10.1 Å². The van der Waals surface area contributed by atoms with Gasteiger partial charge in [0, 0.05) is 11.5 Å². The van der Waals surface area contributed by atoms with Crippen LogP contribution in [0, 0.1) is 6.92 Å². The van der Waals surface area contributed by atoms with E-state index in [0.717, 1.165) is 25.3 Å². The van der Waals surface area contributed by atoms with E-state index in [1.165, 1.54) is 0 Å². The molecule has 1 atom stereocenters. The standard InChI is InChI=1S/C17H18N2O4S3/c1-10-18-15-13(25-10)7-12(11-3-5-24-16(11)15)23-8-14(20)19-17(2)4-6-26(21,22)9-17/h3,5,7H,4,6,8-9H2,1-2H3,(H,19,20). The number of aromatic nitrogens is 1. The monoisotopic (exact) mass is 410 g/mol. The van der Waals surface area contributed by atoms with Crippen molar-refractivity contribution in [3.05, 3.63) is 22.5 Å². The summed E-state index contributed by atoms with van der Waals surface area (Å²) < 4.78 is 31.2. The number of hydrogen-bond donors (Lipinski definition) is 1. The van der Waals surface area contributed by atoms with Crippen molar-refractivity contribution in [2.24, 2.45) is 0 Å². The summed E-state index contributed by atoms with van der Waals surface area (Å²) in [4.78, 5) is 16.9. The molecule has 3 heterocycles. The second-order valence-electron chi connectivity index (χ2n) is 6.86. The first kappa shape index (κ1) is 17.7. The second kappa shape index (κ2) is 6.17. The summed E-state index contributed by atoms with van der Waals surface area (Å²) >= 11 is 3.19. The van der Waals surface area contributed by atoms with Crippen LogP contribution in [0.15, 0.2) is 17.5 Å². The third-order valence-electron chi connectivity index (χ3n) is 4.47. The number of nitrogens with zero attached hydrogens (tertiary/aromatic N) is 1. The number of rotatable bonds is 4. The zero-order valence-corrected chi connectivity index (χ0v) is 16.8. The highest BCUT2D eigenvalue weighted by molar-refractivity contribution is 7.91. The third-order valence-corrected chi connectivity index (χ3v) is 8.21. The topological polar surface area (TPSA) is 85.4 Å². The quantitative estimate of drug-likeness (QED) is 0.715. The molecule has 3 aromatic rings. The molecule has 0 spiro atoms. The molecule has 1 amide bonds. The Morgan fingerprint density at radius 3 is 3.00 bits per heavy atom. The van der Waals surface area contributed by atoms with Crippen molar-refractivity contribution in [3.8, 4) is 5.75 Å². The smallest absolute Gasteiger partial charge is 0.258 e. The van der Waals surface area contributed by atoms with Gasteiger partial charge in [0.1, 0.15) is 5.75 Å². The van der Waals surface area contributed by atoms with Crippen LogP contribution in [0.3, 0.4) is 0 Å². The molecule has 138 valence electrons. The van der Waals surface area contributed by atoms with E-state index in [1.54, 1.807) is 29.6 Å². The Balaban J connectivity index is 1.52. The zero-order valence-electron chi connectivity index (χ0n) is 14.4. The first-order valence-corrected chi connectivity index (χ1v) is 11.7. The van der Waals surface area contributed by atoms with E-state index < -0.39 is 15.4 Å². The number of thiophene rings is 1. The molecule has 0 aliphatic carbocycles. The molecule has 1 aliphatic rings. The van der Waals surface area contributed by atoms with Gasteiger partial charge in [0.05, 0.1) is 37.0 Å². The Hall–Kier alpha value is -1.71. The summed E-state index contributed by atoms with van der Waals surface area (Å²) in [7, 11) is -3.07. The number of amides is 1. The lowest BCUT2D eigenvalue weighted by atomic mass is 10.0. The minimum atomic E-state index is -3.07. The van der Waals surface area contributed by atoms with Crippen molar-refractivity contribution in [3.63, 3.8) is 0 Å². The van der Waals surface area contributed by atoms with E-state index in [4.69, 9.17) is 4.74 Å². The number of sulfone groups is 1. The first-order valence-electron chi connectivity index (χ1n) is 8.16. The molecule has 1 aliphatic heterocycles. The average Bonchev–Trinajstić information content (AvgIpc) is 3.21. The maximum Gasteiger partial charge on any atom is 0.258 e. The van der Waals surface area contributed by atoms with Crippen LogP contribution in [-0.4, -0.2) is 43.0 Å². The summed E-state index contributed by atoms with van der Waals surface area (Å²) in [5, 5.41) is 6.72. The predicted molar refractivity (Wildman–Crippen MR) is 105 cm³/mol. The van der Waals surface area contributed by atoms with E-state index in [2.05, 4.69) is 10.3 Å². The number of ether oxygens (including phenoxy) is 1. The number of aryl methyl sites for hydroxylation is 1. The summed E-state index contributed by atoms with van der Waals surface area (Å²) in [6.07, 6.45) is 0.432. The molecule has 1 aromatic carbocycles. The van der Waals surface area contributed by atoms with Gasteiger partial charge in [0.15, 0.2) is 16.4 Å². The molecule has 1 saturated heterocycles. The number of carbonyl (C=O) groups is 1. The predicted octanol–water partition coefficient (Wildman–Crippen LogP) is 2.89. The molecule has 9 heteroatoms. The fourth-order valence-corrected chi connectivity index (χ4v) is 7.26. The highest BCUT2D eigenvalue weighted by atomic mass is 32.2. The number of carbonyl (C=O) groups excluding carboxylic acids is 1. The lowest BCUT2D eigenvalue weighted by Crippen LogP contribution is -2.48. The molecule has 2 aromatic heterocycles. The molecular formula is C17H18N2O4S3. The molecule has 4 rings (SSSR count). The van der Waals surface area contributed by atoms with E-state index in [-0.39, 0.29) is 24.0 Å². The van der Waals surface area contributed by atoms with Gasteiger partial charge in [0.2, 0.25) is 0 Å². The number of fused-ring (bicyclic) bond motifs is 3. The van der Waals surface area contributed by atoms with Crippen LogP contribution in [0.2, 0.25) is 0 Å². The van der Waals surface area contributed by atoms with Gasteiger partial charge in [0.25, 0.3) is 5.91 Å². The minimum absolute atomic E-state index is 0.0212. The van der Waals surface area contributed by atoms with Crippen molar-refractivity contribution in [2.75, 3.05) is 18.1 Å². The highest BCUT2D eigenvalue weighted by Gasteiger charge is 2.39. The maximum atomic E-state index is 12.3. The van der Waals surface area contributed by atoms with Crippen LogP contribution in [0.1, 0.15) is 18.4 Å². The number of nitrogens with one attached hydrogen (secondary N) is 1. The van der Waals surface area contributed by atoms with Crippen LogP contribution in [0.5, 0.6) is 5.75 Å². The molecule has 6 nitrogen and oxygen atoms in total. The van der Waals surface area contributed by atoms with E-state index in [1.807, 2.05) is 24.4 Å². The van der Waals surface area contributed by atoms with Gasteiger partial charge in [-0.1, -0.05) is 0 Å². The van der Waals surface area contributed by atoms with Gasteiger partial charge in [-0.05, 0) is 31.7 Å². The normalized spacial score (nSPS) is 22.1. The molecule has 1 fully saturated rings. The Kier molecular flexibility index (Phi) is 4.20. The average molecular weight is 411 g/mol.